The fraction of sp³-hybridized carbons (Fsp3) is 0.154. The summed E-state index contributed by atoms with van der Waals surface area (Å²) in [6.07, 6.45) is 1.81. The second-order valence-corrected chi connectivity index (χ2v) is 8.65. The second kappa shape index (κ2) is 8.77. The van der Waals surface area contributed by atoms with E-state index in [1.54, 1.807) is 6.20 Å². The molecule has 1 aliphatic heterocycles. The predicted molar refractivity (Wildman–Crippen MR) is 131 cm³/mol. The number of halogens is 1. The van der Waals surface area contributed by atoms with Gasteiger partial charge in [0.1, 0.15) is 17.6 Å². The van der Waals surface area contributed by atoms with Crippen LogP contribution < -0.4 is 5.32 Å². The molecule has 0 radical (unpaired) electrons. The van der Waals surface area contributed by atoms with E-state index in [4.69, 9.17) is 28.2 Å². The van der Waals surface area contributed by atoms with Crippen molar-refractivity contribution in [3.63, 3.8) is 0 Å². The first-order valence-corrected chi connectivity index (χ1v) is 11.3. The Morgan fingerprint density at radius 3 is 2.59 bits per heavy atom. The molecule has 0 amide bonds. The minimum absolute atomic E-state index is 0.119. The lowest BCUT2D eigenvalue weighted by atomic mass is 10.0. The predicted octanol–water partition coefficient (Wildman–Crippen LogP) is 6.48. The van der Waals surface area contributed by atoms with E-state index in [0.29, 0.717) is 11.7 Å². The van der Waals surface area contributed by atoms with Gasteiger partial charge in [-0.25, -0.2) is 0 Å². The van der Waals surface area contributed by atoms with Crippen LogP contribution in [0.25, 0.3) is 11.3 Å². The van der Waals surface area contributed by atoms with Gasteiger partial charge >= 0.3 is 0 Å². The van der Waals surface area contributed by atoms with Crippen molar-refractivity contribution in [1.29, 1.82) is 0 Å². The van der Waals surface area contributed by atoms with Gasteiger partial charge in [0.2, 0.25) is 0 Å². The number of nitrogens with zero attached hydrogens (tertiary/aromatic N) is 2. The molecule has 6 heteroatoms. The molecule has 32 heavy (non-hydrogen) atoms. The molecule has 0 bridgehead atoms. The number of hydrogen-bond acceptors (Lipinski definition) is 3. The Balaban J connectivity index is 1.56. The maximum atomic E-state index is 6.43. The molecule has 1 N–H and O–H groups in total. The molecule has 1 saturated heterocycles. The van der Waals surface area contributed by atoms with Crippen molar-refractivity contribution < 1.29 is 4.42 Å². The van der Waals surface area contributed by atoms with E-state index >= 15 is 0 Å². The maximum Gasteiger partial charge on any atom is 0.170 e. The van der Waals surface area contributed by atoms with Crippen LogP contribution in [0, 0.1) is 6.92 Å². The third-order valence-corrected chi connectivity index (χ3v) is 6.61. The lowest BCUT2D eigenvalue weighted by Crippen LogP contribution is -2.29. The number of rotatable bonds is 5. The molecule has 1 aliphatic rings. The Morgan fingerprint density at radius 1 is 1.00 bits per heavy atom. The van der Waals surface area contributed by atoms with Gasteiger partial charge in [-0.2, -0.15) is 0 Å². The SMILES string of the molecule is Cc1c(Cl)cccc1-c1ccc(C2C(c3ccccn3)NC(=S)N2Cc2ccccc2)o1. The number of aromatic nitrogens is 1. The molecular formula is C26H22ClN3OS. The minimum Gasteiger partial charge on any atom is -0.459 e. The van der Waals surface area contributed by atoms with Crippen molar-refractivity contribution in [3.05, 3.63) is 113 Å². The first-order valence-electron chi connectivity index (χ1n) is 10.5. The summed E-state index contributed by atoms with van der Waals surface area (Å²) >= 11 is 12.1. The van der Waals surface area contributed by atoms with Crippen LogP contribution in [0.5, 0.6) is 0 Å². The zero-order valence-electron chi connectivity index (χ0n) is 17.5. The average Bonchev–Trinajstić information content (AvgIpc) is 3.42. The highest BCUT2D eigenvalue weighted by Gasteiger charge is 2.41. The minimum atomic E-state index is -0.133. The van der Waals surface area contributed by atoms with Crippen LogP contribution in [0.2, 0.25) is 5.02 Å². The maximum absolute atomic E-state index is 6.43. The Hall–Kier alpha value is -3.15. The highest BCUT2D eigenvalue weighted by molar-refractivity contribution is 7.80. The number of thiocarbonyl (C=S) groups is 1. The average molecular weight is 460 g/mol. The summed E-state index contributed by atoms with van der Waals surface area (Å²) in [6, 6.07) is 25.9. The molecule has 4 aromatic rings. The molecule has 3 heterocycles. The van der Waals surface area contributed by atoms with Gasteiger partial charge < -0.3 is 14.6 Å². The van der Waals surface area contributed by atoms with Crippen LogP contribution in [0.15, 0.2) is 89.5 Å². The van der Waals surface area contributed by atoms with E-state index in [1.807, 2.05) is 73.7 Å². The summed E-state index contributed by atoms with van der Waals surface area (Å²) in [6.45, 7) is 2.68. The number of hydrogen-bond donors (Lipinski definition) is 1. The summed E-state index contributed by atoms with van der Waals surface area (Å²) in [5.74, 6) is 1.62. The Morgan fingerprint density at radius 2 is 1.81 bits per heavy atom. The Bertz CT molecular complexity index is 1240. The van der Waals surface area contributed by atoms with E-state index in [2.05, 4.69) is 27.3 Å². The zero-order valence-corrected chi connectivity index (χ0v) is 19.1. The first-order chi connectivity index (χ1) is 15.6. The van der Waals surface area contributed by atoms with Gasteiger partial charge in [0.05, 0.1) is 11.7 Å². The summed E-state index contributed by atoms with van der Waals surface area (Å²) < 4.78 is 6.43. The van der Waals surface area contributed by atoms with Gasteiger partial charge in [-0.3, -0.25) is 4.98 Å². The van der Waals surface area contributed by atoms with Gasteiger partial charge in [0.25, 0.3) is 0 Å². The van der Waals surface area contributed by atoms with Crippen molar-refractivity contribution in [2.45, 2.75) is 25.6 Å². The molecule has 2 unspecified atom stereocenters. The summed E-state index contributed by atoms with van der Waals surface area (Å²) in [7, 11) is 0. The van der Waals surface area contributed by atoms with Crippen molar-refractivity contribution >= 4 is 28.9 Å². The summed E-state index contributed by atoms with van der Waals surface area (Å²) in [4.78, 5) is 6.77. The topological polar surface area (TPSA) is 41.3 Å². The fourth-order valence-electron chi connectivity index (χ4n) is 4.20. The molecule has 2 atom stereocenters. The third-order valence-electron chi connectivity index (χ3n) is 5.84. The van der Waals surface area contributed by atoms with Crippen LogP contribution in [0.3, 0.4) is 0 Å². The molecule has 0 saturated carbocycles. The van der Waals surface area contributed by atoms with Crippen molar-refractivity contribution in [3.8, 4) is 11.3 Å². The number of nitrogens with one attached hydrogen (secondary N) is 1. The fourth-order valence-corrected chi connectivity index (χ4v) is 4.68. The van der Waals surface area contributed by atoms with Crippen LogP contribution in [0.1, 0.15) is 34.7 Å². The van der Waals surface area contributed by atoms with Crippen LogP contribution in [-0.4, -0.2) is 15.0 Å². The second-order valence-electron chi connectivity index (χ2n) is 7.85. The van der Waals surface area contributed by atoms with Crippen molar-refractivity contribution in [1.82, 2.24) is 15.2 Å². The lowest BCUT2D eigenvalue weighted by molar-refractivity contribution is 0.269. The van der Waals surface area contributed by atoms with Crippen molar-refractivity contribution in [2.75, 3.05) is 0 Å². The van der Waals surface area contributed by atoms with Crippen LogP contribution >= 0.6 is 23.8 Å². The van der Waals surface area contributed by atoms with Gasteiger partial charge in [-0.05, 0) is 60.6 Å². The van der Waals surface area contributed by atoms with Gasteiger partial charge in [-0.15, -0.1) is 0 Å². The number of pyridine rings is 1. The van der Waals surface area contributed by atoms with Crippen molar-refractivity contribution in [2.24, 2.45) is 0 Å². The lowest BCUT2D eigenvalue weighted by Gasteiger charge is -2.26. The first kappa shape index (κ1) is 20.7. The number of furan rings is 1. The number of benzene rings is 2. The monoisotopic (exact) mass is 459 g/mol. The molecule has 4 nitrogen and oxygen atoms in total. The van der Waals surface area contributed by atoms with E-state index in [1.165, 1.54) is 5.56 Å². The summed E-state index contributed by atoms with van der Waals surface area (Å²) in [5.41, 5.74) is 4.09. The highest BCUT2D eigenvalue weighted by Crippen LogP contribution is 2.41. The molecule has 2 aromatic carbocycles. The van der Waals surface area contributed by atoms with Crippen LogP contribution in [0.4, 0.5) is 0 Å². The normalized spacial score (nSPS) is 18.1. The molecule has 0 spiro atoms. The van der Waals surface area contributed by atoms with Gasteiger partial charge in [0.15, 0.2) is 5.11 Å². The third kappa shape index (κ3) is 3.90. The quantitative estimate of drug-likeness (QED) is 0.346. The Labute approximate surface area is 197 Å². The highest BCUT2D eigenvalue weighted by atomic mass is 35.5. The molecule has 2 aromatic heterocycles. The molecular weight excluding hydrogens is 438 g/mol. The van der Waals surface area contributed by atoms with Gasteiger partial charge in [0, 0.05) is 23.3 Å². The van der Waals surface area contributed by atoms with E-state index < -0.39 is 0 Å². The van der Waals surface area contributed by atoms with E-state index in [0.717, 1.165) is 33.4 Å². The largest absolute Gasteiger partial charge is 0.459 e. The summed E-state index contributed by atoms with van der Waals surface area (Å²) in [5, 5.41) is 4.88. The molecule has 0 aliphatic carbocycles. The molecule has 1 fully saturated rings. The van der Waals surface area contributed by atoms with Gasteiger partial charge in [-0.1, -0.05) is 60.1 Å². The standard InChI is InChI=1S/C26H22ClN3OS/c1-17-19(10-7-11-20(17)27)22-13-14-23(31-22)25-24(21-12-5-6-15-28-21)29-26(32)30(25)16-18-8-3-2-4-9-18/h2-15,24-25H,16H2,1H3,(H,29,32). The van der Waals surface area contributed by atoms with Crippen LogP contribution in [-0.2, 0) is 6.54 Å². The molecule has 5 rings (SSSR count). The van der Waals surface area contributed by atoms with E-state index in [9.17, 15) is 0 Å². The smallest absolute Gasteiger partial charge is 0.170 e. The Kier molecular flexibility index (Phi) is 5.68. The van der Waals surface area contributed by atoms with E-state index in [-0.39, 0.29) is 12.1 Å². The molecule has 160 valence electrons. The zero-order chi connectivity index (χ0) is 22.1.